The van der Waals surface area contributed by atoms with Crippen molar-refractivity contribution in [2.45, 2.75) is 13.5 Å². The van der Waals surface area contributed by atoms with Gasteiger partial charge in [-0.05, 0) is 24.1 Å². The lowest BCUT2D eigenvalue weighted by molar-refractivity contribution is -0.139. The molecule has 0 saturated heterocycles. The highest BCUT2D eigenvalue weighted by Crippen LogP contribution is 2.19. The van der Waals surface area contributed by atoms with Crippen molar-refractivity contribution >= 4 is 23.7 Å². The van der Waals surface area contributed by atoms with Gasteiger partial charge in [0.1, 0.15) is 23.6 Å². The van der Waals surface area contributed by atoms with Gasteiger partial charge < -0.3 is 9.64 Å². The molecule has 0 unspecified atom stereocenters. The number of aromatic nitrogens is 2. The molecule has 0 fully saturated rings. The number of pyridine rings is 1. The number of nitrogens with zero attached hydrogens (tertiary/aromatic N) is 3. The molecule has 0 aliphatic rings. The van der Waals surface area contributed by atoms with Crippen LogP contribution in [0.4, 0.5) is 5.82 Å². The number of aryl methyl sites for hydroxylation is 1. The van der Waals surface area contributed by atoms with E-state index in [0.717, 1.165) is 11.1 Å². The lowest BCUT2D eigenvalue weighted by Gasteiger charge is -2.24. The lowest BCUT2D eigenvalue weighted by Crippen LogP contribution is -2.34. The maximum Gasteiger partial charge on any atom is 0.325 e. The molecule has 7 nitrogen and oxygen atoms in total. The van der Waals surface area contributed by atoms with Gasteiger partial charge >= 0.3 is 5.97 Å². The van der Waals surface area contributed by atoms with E-state index < -0.39 is 11.5 Å². The summed E-state index contributed by atoms with van der Waals surface area (Å²) in [6, 6.07) is 13.0. The third-order valence-corrected chi connectivity index (χ3v) is 4.25. The van der Waals surface area contributed by atoms with E-state index in [1.165, 1.54) is 11.5 Å². The zero-order chi connectivity index (χ0) is 19.4. The molecule has 0 amide bonds. The normalized spacial score (nSPS) is 10.6. The zero-order valence-electron chi connectivity index (χ0n) is 15.1. The number of carbonyl (C=O) groups is 2. The second-order valence-corrected chi connectivity index (χ2v) is 6.07. The largest absolute Gasteiger partial charge is 0.468 e. The number of aldehydes is 1. The standard InChI is InChI=1S/C20H19N3O4/c1-14-7-6-10-23-18(14)21-19(16(13-24)20(23)26)22(12-17(25)27-2)11-15-8-4-3-5-9-15/h3-10,13H,11-12H2,1-2H3. The van der Waals surface area contributed by atoms with Crippen LogP contribution in [0.2, 0.25) is 0 Å². The molecule has 0 saturated carbocycles. The summed E-state index contributed by atoms with van der Waals surface area (Å²) < 4.78 is 6.11. The first-order valence-electron chi connectivity index (χ1n) is 8.38. The van der Waals surface area contributed by atoms with Gasteiger partial charge in [-0.3, -0.25) is 18.8 Å². The van der Waals surface area contributed by atoms with Crippen molar-refractivity contribution in [1.29, 1.82) is 0 Å². The third-order valence-electron chi connectivity index (χ3n) is 4.25. The summed E-state index contributed by atoms with van der Waals surface area (Å²) in [4.78, 5) is 42.5. The molecule has 0 aliphatic heterocycles. The molecule has 0 atom stereocenters. The Balaban J connectivity index is 2.19. The van der Waals surface area contributed by atoms with Crippen molar-refractivity contribution in [1.82, 2.24) is 9.38 Å². The van der Waals surface area contributed by atoms with E-state index in [9.17, 15) is 14.4 Å². The molecule has 138 valence electrons. The van der Waals surface area contributed by atoms with E-state index in [1.807, 2.05) is 43.3 Å². The molecular formula is C20H19N3O4. The average Bonchev–Trinajstić information content (AvgIpc) is 2.68. The van der Waals surface area contributed by atoms with Crippen molar-refractivity contribution in [2.24, 2.45) is 0 Å². The minimum atomic E-state index is -0.491. The number of methoxy groups -OCH3 is 1. The maximum absolute atomic E-state index is 12.8. The first-order valence-corrected chi connectivity index (χ1v) is 8.38. The Hall–Kier alpha value is -3.48. The topological polar surface area (TPSA) is 81.0 Å². The summed E-state index contributed by atoms with van der Waals surface area (Å²) in [6.45, 7) is 1.99. The molecule has 7 heteroatoms. The number of benzene rings is 1. The fourth-order valence-corrected chi connectivity index (χ4v) is 2.87. The predicted molar refractivity (Wildman–Crippen MR) is 101 cm³/mol. The summed E-state index contributed by atoms with van der Waals surface area (Å²) in [6.07, 6.45) is 2.05. The predicted octanol–water partition coefficient (Wildman–Crippen LogP) is 2.00. The lowest BCUT2D eigenvalue weighted by atomic mass is 10.2. The Morgan fingerprint density at radius 3 is 2.63 bits per heavy atom. The summed E-state index contributed by atoms with van der Waals surface area (Å²) in [7, 11) is 1.29. The van der Waals surface area contributed by atoms with Gasteiger partial charge in [-0.2, -0.15) is 0 Å². The van der Waals surface area contributed by atoms with Crippen LogP contribution >= 0.6 is 0 Å². The van der Waals surface area contributed by atoms with Gasteiger partial charge in [0.15, 0.2) is 6.29 Å². The fourth-order valence-electron chi connectivity index (χ4n) is 2.87. The van der Waals surface area contributed by atoms with Crippen LogP contribution in [0, 0.1) is 6.92 Å². The maximum atomic E-state index is 12.8. The Morgan fingerprint density at radius 1 is 1.22 bits per heavy atom. The quantitative estimate of drug-likeness (QED) is 0.491. The smallest absolute Gasteiger partial charge is 0.325 e. The summed E-state index contributed by atoms with van der Waals surface area (Å²) in [5.74, 6) is -0.326. The third kappa shape index (κ3) is 3.72. The van der Waals surface area contributed by atoms with Crippen molar-refractivity contribution in [2.75, 3.05) is 18.6 Å². The van der Waals surface area contributed by atoms with E-state index in [-0.39, 0.29) is 17.9 Å². The number of anilines is 1. The van der Waals surface area contributed by atoms with Gasteiger partial charge in [-0.1, -0.05) is 36.4 Å². The number of hydrogen-bond acceptors (Lipinski definition) is 6. The molecule has 0 N–H and O–H groups in total. The van der Waals surface area contributed by atoms with Crippen LogP contribution in [-0.4, -0.2) is 35.3 Å². The van der Waals surface area contributed by atoms with E-state index in [1.54, 1.807) is 17.2 Å². The van der Waals surface area contributed by atoms with Crippen molar-refractivity contribution in [3.63, 3.8) is 0 Å². The second kappa shape index (κ2) is 7.82. The summed E-state index contributed by atoms with van der Waals surface area (Å²) in [5.41, 5.74) is 1.55. The van der Waals surface area contributed by atoms with E-state index in [4.69, 9.17) is 4.74 Å². The van der Waals surface area contributed by atoms with E-state index in [0.29, 0.717) is 18.5 Å². The van der Waals surface area contributed by atoms with E-state index in [2.05, 4.69) is 4.98 Å². The fraction of sp³-hybridized carbons (Fsp3) is 0.200. The summed E-state index contributed by atoms with van der Waals surface area (Å²) in [5, 5.41) is 0. The van der Waals surface area contributed by atoms with Gasteiger partial charge in [0.25, 0.3) is 5.56 Å². The van der Waals surface area contributed by atoms with Gasteiger partial charge in [0.05, 0.1) is 7.11 Å². The van der Waals surface area contributed by atoms with Gasteiger partial charge in [-0.15, -0.1) is 0 Å². The number of rotatable bonds is 6. The van der Waals surface area contributed by atoms with Crippen LogP contribution in [0.1, 0.15) is 21.5 Å². The number of hydrogen-bond donors (Lipinski definition) is 0. The molecule has 0 spiro atoms. The Labute approximate surface area is 155 Å². The highest BCUT2D eigenvalue weighted by molar-refractivity contribution is 5.85. The number of carbonyl (C=O) groups excluding carboxylic acids is 2. The minimum absolute atomic E-state index is 0.0991. The number of fused-ring (bicyclic) bond motifs is 1. The van der Waals surface area contributed by atoms with Crippen LogP contribution < -0.4 is 10.5 Å². The summed E-state index contributed by atoms with van der Waals surface area (Å²) >= 11 is 0. The monoisotopic (exact) mass is 365 g/mol. The SMILES string of the molecule is COC(=O)CN(Cc1ccccc1)c1nc2c(C)cccn2c(=O)c1C=O. The highest BCUT2D eigenvalue weighted by Gasteiger charge is 2.21. The molecule has 3 rings (SSSR count). The van der Waals surface area contributed by atoms with Gasteiger partial charge in [0, 0.05) is 12.7 Å². The molecule has 3 aromatic rings. The number of esters is 1. The zero-order valence-corrected chi connectivity index (χ0v) is 15.1. The van der Waals surface area contributed by atoms with Crippen LogP contribution in [0.25, 0.3) is 5.65 Å². The second-order valence-electron chi connectivity index (χ2n) is 6.07. The molecule has 1 aromatic carbocycles. The first kappa shape index (κ1) is 18.3. The first-order chi connectivity index (χ1) is 13.0. The van der Waals surface area contributed by atoms with Crippen LogP contribution in [0.5, 0.6) is 0 Å². The van der Waals surface area contributed by atoms with E-state index >= 15 is 0 Å². The molecule has 0 bridgehead atoms. The van der Waals surface area contributed by atoms with Crippen molar-refractivity contribution in [3.05, 3.63) is 75.7 Å². The van der Waals surface area contributed by atoms with Crippen molar-refractivity contribution < 1.29 is 14.3 Å². The molecule has 0 radical (unpaired) electrons. The van der Waals surface area contributed by atoms with Crippen LogP contribution in [0.3, 0.4) is 0 Å². The molecular weight excluding hydrogens is 346 g/mol. The molecule has 27 heavy (non-hydrogen) atoms. The molecule has 2 aromatic heterocycles. The minimum Gasteiger partial charge on any atom is -0.468 e. The van der Waals surface area contributed by atoms with Gasteiger partial charge in [0.2, 0.25) is 0 Å². The van der Waals surface area contributed by atoms with Gasteiger partial charge in [-0.25, -0.2) is 4.98 Å². The highest BCUT2D eigenvalue weighted by atomic mass is 16.5. The van der Waals surface area contributed by atoms with Crippen LogP contribution in [-0.2, 0) is 16.1 Å². The average molecular weight is 365 g/mol. The van der Waals surface area contributed by atoms with Crippen LogP contribution in [0.15, 0.2) is 53.5 Å². The molecule has 2 heterocycles. The van der Waals surface area contributed by atoms with Crippen molar-refractivity contribution in [3.8, 4) is 0 Å². The Morgan fingerprint density at radius 2 is 1.96 bits per heavy atom. The number of ether oxygens (including phenoxy) is 1. The molecule has 0 aliphatic carbocycles. The Kier molecular flexibility index (Phi) is 5.30. The Bertz CT molecular complexity index is 1040.